The molecule has 0 saturated heterocycles. The molecule has 2 rings (SSSR count). The minimum atomic E-state index is -4.36. The van der Waals surface area contributed by atoms with Crippen molar-refractivity contribution in [1.82, 2.24) is 10.3 Å². The lowest BCUT2D eigenvalue weighted by Gasteiger charge is -2.09. The first-order chi connectivity index (χ1) is 10.8. The number of alkyl halides is 3. The predicted octanol–water partition coefficient (Wildman–Crippen LogP) is 4.38. The van der Waals surface area contributed by atoms with E-state index >= 15 is 0 Å². The molecule has 0 atom stereocenters. The molecule has 0 aliphatic rings. The molecule has 3 nitrogen and oxygen atoms in total. The molecule has 0 fully saturated rings. The number of hydrogen-bond donors (Lipinski definition) is 1. The van der Waals surface area contributed by atoms with Crippen LogP contribution in [0.1, 0.15) is 21.6 Å². The Kier molecular flexibility index (Phi) is 5.49. The summed E-state index contributed by atoms with van der Waals surface area (Å²) in [5.74, 6) is -0.496. The van der Waals surface area contributed by atoms with Crippen LogP contribution < -0.4 is 5.32 Å². The van der Waals surface area contributed by atoms with E-state index in [2.05, 4.69) is 10.3 Å². The van der Waals surface area contributed by atoms with Gasteiger partial charge in [-0.15, -0.1) is 0 Å². The number of halogens is 5. The summed E-state index contributed by atoms with van der Waals surface area (Å²) >= 11 is 11.6. The highest BCUT2D eigenvalue weighted by Gasteiger charge is 2.29. The average molecular weight is 363 g/mol. The van der Waals surface area contributed by atoms with E-state index in [1.54, 1.807) is 0 Å². The number of aromatic nitrogens is 1. The molecule has 1 aromatic carbocycles. The first kappa shape index (κ1) is 17.6. The highest BCUT2D eigenvalue weighted by atomic mass is 35.5. The van der Waals surface area contributed by atoms with Crippen molar-refractivity contribution in [3.63, 3.8) is 0 Å². The lowest BCUT2D eigenvalue weighted by Crippen LogP contribution is -2.26. The van der Waals surface area contributed by atoms with Gasteiger partial charge in [0.25, 0.3) is 5.91 Å². The molecular formula is C15H11Cl2F3N2O. The molecule has 2 aromatic rings. The fraction of sp³-hybridized carbons (Fsp3) is 0.200. The van der Waals surface area contributed by atoms with E-state index in [4.69, 9.17) is 23.2 Å². The number of rotatable bonds is 4. The Balaban J connectivity index is 1.92. The molecule has 0 bridgehead atoms. The van der Waals surface area contributed by atoms with Crippen LogP contribution >= 0.6 is 23.2 Å². The van der Waals surface area contributed by atoms with Gasteiger partial charge in [0.1, 0.15) is 10.8 Å². The van der Waals surface area contributed by atoms with Gasteiger partial charge in [-0.2, -0.15) is 13.2 Å². The van der Waals surface area contributed by atoms with Crippen LogP contribution in [0.5, 0.6) is 0 Å². The second-order valence-electron chi connectivity index (χ2n) is 4.66. The molecule has 0 radical (unpaired) electrons. The predicted molar refractivity (Wildman–Crippen MR) is 81.7 cm³/mol. The maximum atomic E-state index is 12.4. The van der Waals surface area contributed by atoms with Gasteiger partial charge in [0.15, 0.2) is 0 Å². The number of amides is 1. The molecule has 1 aromatic heterocycles. The van der Waals surface area contributed by atoms with Crippen LogP contribution in [-0.4, -0.2) is 17.4 Å². The summed E-state index contributed by atoms with van der Waals surface area (Å²) in [5.41, 5.74) is -0.0322. The molecule has 122 valence electrons. The molecule has 1 amide bonds. The van der Waals surface area contributed by atoms with Crippen LogP contribution in [0.25, 0.3) is 0 Å². The molecule has 1 heterocycles. The van der Waals surface area contributed by atoms with Gasteiger partial charge in [0.05, 0.1) is 10.6 Å². The Morgan fingerprint density at radius 1 is 1.09 bits per heavy atom. The molecule has 0 spiro atoms. The Morgan fingerprint density at radius 2 is 1.74 bits per heavy atom. The van der Waals surface area contributed by atoms with Gasteiger partial charge in [-0.25, -0.2) is 4.98 Å². The molecule has 0 saturated carbocycles. The van der Waals surface area contributed by atoms with Crippen molar-refractivity contribution in [3.05, 3.63) is 63.4 Å². The smallest absolute Gasteiger partial charge is 0.350 e. The summed E-state index contributed by atoms with van der Waals surface area (Å²) < 4.78 is 37.3. The first-order valence-corrected chi connectivity index (χ1v) is 7.29. The summed E-state index contributed by atoms with van der Waals surface area (Å²) in [5, 5.41) is 2.90. The van der Waals surface area contributed by atoms with Gasteiger partial charge < -0.3 is 5.32 Å². The molecule has 0 unspecified atom stereocenters. The fourth-order valence-electron chi connectivity index (χ4n) is 1.84. The summed E-state index contributed by atoms with van der Waals surface area (Å²) in [7, 11) is 0. The first-order valence-electron chi connectivity index (χ1n) is 6.54. The summed E-state index contributed by atoms with van der Waals surface area (Å²) in [6.45, 7) is 0.231. The third-order valence-electron chi connectivity index (χ3n) is 3.01. The zero-order valence-electron chi connectivity index (χ0n) is 11.6. The minimum Gasteiger partial charge on any atom is -0.350 e. The number of nitrogens with one attached hydrogen (secondary N) is 1. The van der Waals surface area contributed by atoms with Gasteiger partial charge in [-0.1, -0.05) is 35.3 Å². The van der Waals surface area contributed by atoms with E-state index in [1.807, 2.05) is 0 Å². The fourth-order valence-corrected chi connectivity index (χ4v) is 2.18. The van der Waals surface area contributed by atoms with Gasteiger partial charge in [-0.3, -0.25) is 4.79 Å². The number of carbonyl (C=O) groups is 1. The van der Waals surface area contributed by atoms with Crippen LogP contribution in [0.2, 0.25) is 10.2 Å². The second kappa shape index (κ2) is 7.19. The van der Waals surface area contributed by atoms with E-state index in [0.29, 0.717) is 12.0 Å². The van der Waals surface area contributed by atoms with Crippen molar-refractivity contribution >= 4 is 29.1 Å². The zero-order chi connectivity index (χ0) is 17.0. The van der Waals surface area contributed by atoms with Gasteiger partial charge in [0.2, 0.25) is 0 Å². The second-order valence-corrected chi connectivity index (χ2v) is 5.46. The Morgan fingerprint density at radius 3 is 2.35 bits per heavy atom. The van der Waals surface area contributed by atoms with E-state index < -0.39 is 17.6 Å². The monoisotopic (exact) mass is 362 g/mol. The summed E-state index contributed by atoms with van der Waals surface area (Å²) in [4.78, 5) is 15.8. The Bertz CT molecular complexity index is 703. The van der Waals surface area contributed by atoms with Crippen LogP contribution in [0.15, 0.2) is 36.4 Å². The van der Waals surface area contributed by atoms with Gasteiger partial charge in [-0.05, 0) is 36.2 Å². The van der Waals surface area contributed by atoms with Crippen molar-refractivity contribution in [1.29, 1.82) is 0 Å². The average Bonchev–Trinajstić information content (AvgIpc) is 2.49. The van der Waals surface area contributed by atoms with Crippen LogP contribution in [0.3, 0.4) is 0 Å². The zero-order valence-corrected chi connectivity index (χ0v) is 13.1. The van der Waals surface area contributed by atoms with Crippen molar-refractivity contribution in [2.45, 2.75) is 12.6 Å². The molecule has 23 heavy (non-hydrogen) atoms. The maximum Gasteiger partial charge on any atom is 0.416 e. The lowest BCUT2D eigenvalue weighted by atomic mass is 10.1. The molecular weight excluding hydrogens is 352 g/mol. The Labute approximate surface area is 140 Å². The van der Waals surface area contributed by atoms with Crippen LogP contribution in [-0.2, 0) is 12.6 Å². The number of nitrogens with zero attached hydrogens (tertiary/aromatic N) is 1. The topological polar surface area (TPSA) is 42.0 Å². The highest BCUT2D eigenvalue weighted by molar-refractivity contribution is 6.34. The quantitative estimate of drug-likeness (QED) is 0.820. The summed E-state index contributed by atoms with van der Waals surface area (Å²) in [6, 6.07) is 7.68. The largest absolute Gasteiger partial charge is 0.416 e. The van der Waals surface area contributed by atoms with Crippen molar-refractivity contribution < 1.29 is 18.0 Å². The number of benzene rings is 1. The molecule has 8 heteroatoms. The normalized spacial score (nSPS) is 11.3. The maximum absolute atomic E-state index is 12.4. The van der Waals surface area contributed by atoms with Crippen LogP contribution in [0, 0.1) is 0 Å². The lowest BCUT2D eigenvalue weighted by molar-refractivity contribution is -0.137. The molecule has 1 N–H and O–H groups in total. The molecule has 0 aliphatic carbocycles. The van der Waals surface area contributed by atoms with Crippen molar-refractivity contribution in [2.75, 3.05) is 6.54 Å². The van der Waals surface area contributed by atoms with Crippen molar-refractivity contribution in [2.24, 2.45) is 0 Å². The number of carbonyl (C=O) groups excluding carboxylic acids is 1. The van der Waals surface area contributed by atoms with Crippen molar-refractivity contribution in [3.8, 4) is 0 Å². The standard InChI is InChI=1S/C15H11Cl2F3N2O/c16-11-5-6-12(17)22-13(11)14(23)21-8-7-9-1-3-10(4-2-9)15(18,19)20/h1-6H,7-8H2,(H,21,23). The van der Waals surface area contributed by atoms with Crippen LogP contribution in [0.4, 0.5) is 13.2 Å². The van der Waals surface area contributed by atoms with Gasteiger partial charge in [0, 0.05) is 6.54 Å². The van der Waals surface area contributed by atoms with E-state index in [1.165, 1.54) is 24.3 Å². The summed E-state index contributed by atoms with van der Waals surface area (Å²) in [6.07, 6.45) is -3.98. The SMILES string of the molecule is O=C(NCCc1ccc(C(F)(F)F)cc1)c1nc(Cl)ccc1Cl. The van der Waals surface area contributed by atoms with E-state index in [0.717, 1.165) is 12.1 Å². The highest BCUT2D eigenvalue weighted by Crippen LogP contribution is 2.29. The van der Waals surface area contributed by atoms with E-state index in [-0.39, 0.29) is 22.4 Å². The molecule has 0 aliphatic heterocycles. The minimum absolute atomic E-state index is 0.00610. The number of hydrogen-bond acceptors (Lipinski definition) is 2. The number of pyridine rings is 1. The Hall–Kier alpha value is -1.79. The van der Waals surface area contributed by atoms with Gasteiger partial charge >= 0.3 is 6.18 Å². The third kappa shape index (κ3) is 4.84. The van der Waals surface area contributed by atoms with E-state index in [9.17, 15) is 18.0 Å². The third-order valence-corrected chi connectivity index (χ3v) is 3.52.